The van der Waals surface area contributed by atoms with Gasteiger partial charge in [0.25, 0.3) is 0 Å². The molecule has 1 heterocycles. The third-order valence-electron chi connectivity index (χ3n) is 5.21. The van der Waals surface area contributed by atoms with Gasteiger partial charge in [-0.2, -0.15) is 0 Å². The summed E-state index contributed by atoms with van der Waals surface area (Å²) in [6.07, 6.45) is 1.74. The molecule has 3 rings (SSSR count). The van der Waals surface area contributed by atoms with Crippen LogP contribution in [0.3, 0.4) is 0 Å². The zero-order chi connectivity index (χ0) is 18.5. The maximum atomic E-state index is 13.0. The fraction of sp³-hybridized carbons (Fsp3) is 0.409. The number of nitrogens with one attached hydrogen (secondary N) is 1. The van der Waals surface area contributed by atoms with Crippen molar-refractivity contribution >= 4 is 5.91 Å². The Morgan fingerprint density at radius 3 is 2.35 bits per heavy atom. The summed E-state index contributed by atoms with van der Waals surface area (Å²) < 4.78 is 13.0. The number of rotatable bonds is 5. The number of nitrogens with zero attached hydrogens (tertiary/aromatic N) is 1. The molecule has 1 aliphatic rings. The zero-order valence-electron chi connectivity index (χ0n) is 15.5. The number of likely N-dealkylation sites (tertiary alicyclic amines) is 1. The summed E-state index contributed by atoms with van der Waals surface area (Å²) in [6, 6.07) is 15.0. The molecule has 1 N–H and O–H groups in total. The number of carbonyl (C=O) groups excluding carboxylic acids is 1. The molecule has 1 atom stereocenters. The van der Waals surface area contributed by atoms with E-state index in [1.807, 2.05) is 19.1 Å². The first-order chi connectivity index (χ1) is 12.5. The Morgan fingerprint density at radius 2 is 1.73 bits per heavy atom. The fourth-order valence-electron chi connectivity index (χ4n) is 3.47. The number of aryl methyl sites for hydroxylation is 1. The van der Waals surface area contributed by atoms with E-state index < -0.39 is 0 Å². The molecule has 1 saturated heterocycles. The molecular formula is C22H27FN2O. The Balaban J connectivity index is 1.47. The molecule has 1 aliphatic heterocycles. The predicted molar refractivity (Wildman–Crippen MR) is 102 cm³/mol. The van der Waals surface area contributed by atoms with Gasteiger partial charge >= 0.3 is 0 Å². The van der Waals surface area contributed by atoms with Gasteiger partial charge in [-0.3, -0.25) is 9.69 Å². The molecule has 138 valence electrons. The summed E-state index contributed by atoms with van der Waals surface area (Å²) >= 11 is 0. The largest absolute Gasteiger partial charge is 0.349 e. The summed E-state index contributed by atoms with van der Waals surface area (Å²) in [6.45, 7) is 6.70. The Morgan fingerprint density at radius 1 is 1.12 bits per heavy atom. The van der Waals surface area contributed by atoms with Crippen LogP contribution in [-0.2, 0) is 11.3 Å². The van der Waals surface area contributed by atoms with Crippen LogP contribution in [0.15, 0.2) is 48.5 Å². The third kappa shape index (κ3) is 4.92. The van der Waals surface area contributed by atoms with Crippen molar-refractivity contribution in [3.63, 3.8) is 0 Å². The molecule has 1 fully saturated rings. The van der Waals surface area contributed by atoms with Gasteiger partial charge in [0.15, 0.2) is 0 Å². The highest BCUT2D eigenvalue weighted by Gasteiger charge is 2.26. The number of amides is 1. The monoisotopic (exact) mass is 354 g/mol. The van der Waals surface area contributed by atoms with E-state index in [1.54, 1.807) is 0 Å². The first-order valence-electron chi connectivity index (χ1n) is 9.35. The Hall–Kier alpha value is -2.20. The van der Waals surface area contributed by atoms with Crippen LogP contribution in [0.4, 0.5) is 4.39 Å². The van der Waals surface area contributed by atoms with Crippen molar-refractivity contribution < 1.29 is 9.18 Å². The summed E-state index contributed by atoms with van der Waals surface area (Å²) in [5.41, 5.74) is 3.47. The molecule has 1 unspecified atom stereocenters. The smallest absolute Gasteiger partial charge is 0.223 e. The summed E-state index contributed by atoms with van der Waals surface area (Å²) in [7, 11) is 0. The number of hydrogen-bond donors (Lipinski definition) is 1. The number of carbonyl (C=O) groups is 1. The van der Waals surface area contributed by atoms with Gasteiger partial charge in [0.05, 0.1) is 6.04 Å². The van der Waals surface area contributed by atoms with E-state index in [0.29, 0.717) is 0 Å². The van der Waals surface area contributed by atoms with Crippen LogP contribution in [0.2, 0.25) is 0 Å². The molecule has 0 aromatic heterocycles. The minimum Gasteiger partial charge on any atom is -0.349 e. The maximum Gasteiger partial charge on any atom is 0.223 e. The molecule has 0 spiro atoms. The van der Waals surface area contributed by atoms with Crippen LogP contribution < -0.4 is 5.32 Å². The lowest BCUT2D eigenvalue weighted by Crippen LogP contribution is -2.40. The molecule has 0 bridgehead atoms. The lowest BCUT2D eigenvalue weighted by Gasteiger charge is -2.32. The second kappa shape index (κ2) is 8.45. The van der Waals surface area contributed by atoms with Crippen molar-refractivity contribution in [3.8, 4) is 0 Å². The van der Waals surface area contributed by atoms with Crippen molar-refractivity contribution in [1.82, 2.24) is 10.2 Å². The van der Waals surface area contributed by atoms with E-state index >= 15 is 0 Å². The minimum absolute atomic E-state index is 0.0281. The van der Waals surface area contributed by atoms with Crippen molar-refractivity contribution in [2.45, 2.75) is 39.3 Å². The first kappa shape index (κ1) is 18.6. The molecule has 3 nitrogen and oxygen atoms in total. The van der Waals surface area contributed by atoms with Gasteiger partial charge in [0, 0.05) is 12.5 Å². The number of benzene rings is 2. The zero-order valence-corrected chi connectivity index (χ0v) is 15.5. The van der Waals surface area contributed by atoms with Crippen molar-refractivity contribution in [2.24, 2.45) is 5.92 Å². The van der Waals surface area contributed by atoms with Crippen LogP contribution >= 0.6 is 0 Å². The predicted octanol–water partition coefficient (Wildman–Crippen LogP) is 4.22. The van der Waals surface area contributed by atoms with E-state index in [0.717, 1.165) is 43.6 Å². The van der Waals surface area contributed by atoms with Crippen LogP contribution in [0, 0.1) is 18.7 Å². The molecular weight excluding hydrogens is 327 g/mol. The van der Waals surface area contributed by atoms with Gasteiger partial charge in [0.2, 0.25) is 5.91 Å². The highest BCUT2D eigenvalue weighted by Crippen LogP contribution is 2.21. The van der Waals surface area contributed by atoms with Gasteiger partial charge in [-0.05, 0) is 63.0 Å². The average Bonchev–Trinajstić information content (AvgIpc) is 2.64. The van der Waals surface area contributed by atoms with Gasteiger partial charge in [-0.25, -0.2) is 4.39 Å². The Labute approximate surface area is 155 Å². The lowest BCUT2D eigenvalue weighted by atomic mass is 9.94. The molecule has 0 aliphatic carbocycles. The third-order valence-corrected chi connectivity index (χ3v) is 5.21. The Bertz CT molecular complexity index is 719. The summed E-state index contributed by atoms with van der Waals surface area (Å²) in [5.74, 6) is 0.0266. The lowest BCUT2D eigenvalue weighted by molar-refractivity contribution is -0.127. The summed E-state index contributed by atoms with van der Waals surface area (Å²) in [4.78, 5) is 14.9. The minimum atomic E-state index is -0.202. The molecule has 0 saturated carbocycles. The number of halogens is 1. The average molecular weight is 354 g/mol. The van der Waals surface area contributed by atoms with E-state index in [9.17, 15) is 9.18 Å². The second-order valence-electron chi connectivity index (χ2n) is 7.32. The SMILES string of the molecule is Cc1ccc(C(C)NC(=O)C2CCN(Cc3ccc(F)cc3)CC2)cc1. The van der Waals surface area contributed by atoms with Crippen molar-refractivity contribution in [2.75, 3.05) is 13.1 Å². The van der Waals surface area contributed by atoms with Gasteiger partial charge < -0.3 is 5.32 Å². The van der Waals surface area contributed by atoms with Crippen LogP contribution in [0.25, 0.3) is 0 Å². The van der Waals surface area contributed by atoms with Crippen molar-refractivity contribution in [3.05, 3.63) is 71.0 Å². The molecule has 26 heavy (non-hydrogen) atoms. The highest BCUT2D eigenvalue weighted by atomic mass is 19.1. The quantitative estimate of drug-likeness (QED) is 0.872. The van der Waals surface area contributed by atoms with E-state index in [4.69, 9.17) is 0 Å². The van der Waals surface area contributed by atoms with Crippen LogP contribution in [0.1, 0.15) is 42.5 Å². The summed E-state index contributed by atoms with van der Waals surface area (Å²) in [5, 5.41) is 3.16. The fourth-order valence-corrected chi connectivity index (χ4v) is 3.47. The van der Waals surface area contributed by atoms with Gasteiger partial charge in [0.1, 0.15) is 5.82 Å². The molecule has 4 heteroatoms. The van der Waals surface area contributed by atoms with Crippen molar-refractivity contribution in [1.29, 1.82) is 0 Å². The molecule has 0 radical (unpaired) electrons. The van der Waals surface area contributed by atoms with Gasteiger partial charge in [-0.1, -0.05) is 42.0 Å². The van der Waals surface area contributed by atoms with E-state index in [1.165, 1.54) is 17.7 Å². The highest BCUT2D eigenvalue weighted by molar-refractivity contribution is 5.79. The number of piperidine rings is 1. The topological polar surface area (TPSA) is 32.3 Å². The van der Waals surface area contributed by atoms with E-state index in [2.05, 4.69) is 41.4 Å². The van der Waals surface area contributed by atoms with Gasteiger partial charge in [-0.15, -0.1) is 0 Å². The van der Waals surface area contributed by atoms with E-state index in [-0.39, 0.29) is 23.7 Å². The van der Waals surface area contributed by atoms with Crippen LogP contribution in [0.5, 0.6) is 0 Å². The molecule has 1 amide bonds. The standard InChI is InChI=1S/C22H27FN2O/c1-16-3-7-19(8-4-16)17(2)24-22(26)20-11-13-25(14-12-20)15-18-5-9-21(23)10-6-18/h3-10,17,20H,11-15H2,1-2H3,(H,24,26). The first-order valence-corrected chi connectivity index (χ1v) is 9.35. The van der Waals surface area contributed by atoms with Crippen LogP contribution in [-0.4, -0.2) is 23.9 Å². The molecule has 2 aromatic rings. The normalized spacial score (nSPS) is 17.0. The number of hydrogen-bond acceptors (Lipinski definition) is 2. The maximum absolute atomic E-state index is 13.0. The molecule has 2 aromatic carbocycles. The Kier molecular flexibility index (Phi) is 6.04. The second-order valence-corrected chi connectivity index (χ2v) is 7.32.